The number of nitrogens with zero attached hydrogens (tertiary/aromatic N) is 2. The van der Waals surface area contributed by atoms with E-state index in [9.17, 15) is 9.59 Å². The van der Waals surface area contributed by atoms with Gasteiger partial charge in [-0.05, 0) is 42.5 Å². The highest BCUT2D eigenvalue weighted by atomic mass is 16.2. The van der Waals surface area contributed by atoms with Crippen LogP contribution in [0.2, 0.25) is 0 Å². The molecule has 0 radical (unpaired) electrons. The first-order chi connectivity index (χ1) is 15.1. The summed E-state index contributed by atoms with van der Waals surface area (Å²) < 4.78 is 0. The lowest BCUT2D eigenvalue weighted by molar-refractivity contribution is -0.137. The zero-order valence-corrected chi connectivity index (χ0v) is 17.5. The smallest absolute Gasteiger partial charge is 0.278 e. The molecule has 4 nitrogen and oxygen atoms in total. The van der Waals surface area contributed by atoms with Gasteiger partial charge in [-0.3, -0.25) is 14.5 Å². The third-order valence-corrected chi connectivity index (χ3v) is 6.05. The number of hydrogen-bond donors (Lipinski definition) is 0. The molecule has 2 aliphatic heterocycles. The standard InChI is InChI=1S/C27H24N2O2/c1-19-13-15-22(16-14-19)24-25(28-17-7-11-21-10-5-6-12-23(21)28)27(31)29(26(24)30)18-20-8-3-2-4-9-20/h2-6,8-10,12-16H,7,11,17-18H2,1H3. The van der Waals surface area contributed by atoms with Crippen molar-refractivity contribution in [3.63, 3.8) is 0 Å². The average Bonchev–Trinajstić information content (AvgIpc) is 3.04. The topological polar surface area (TPSA) is 40.6 Å². The van der Waals surface area contributed by atoms with Gasteiger partial charge in [0.1, 0.15) is 5.70 Å². The number of fused-ring (bicyclic) bond motifs is 1. The van der Waals surface area contributed by atoms with E-state index >= 15 is 0 Å². The number of rotatable bonds is 4. The number of para-hydroxylation sites is 1. The Hall–Kier alpha value is -3.66. The maximum absolute atomic E-state index is 13.7. The fraction of sp³-hybridized carbons (Fsp3) is 0.185. The van der Waals surface area contributed by atoms with Crippen LogP contribution in [-0.4, -0.2) is 23.3 Å². The molecule has 0 saturated heterocycles. The minimum Gasteiger partial charge on any atom is -0.336 e. The summed E-state index contributed by atoms with van der Waals surface area (Å²) in [6, 6.07) is 25.7. The minimum atomic E-state index is -0.226. The van der Waals surface area contributed by atoms with Gasteiger partial charge in [0.15, 0.2) is 0 Å². The highest BCUT2D eigenvalue weighted by Crippen LogP contribution is 2.38. The lowest BCUT2D eigenvalue weighted by Crippen LogP contribution is -2.36. The second-order valence-electron chi connectivity index (χ2n) is 8.16. The highest BCUT2D eigenvalue weighted by molar-refractivity contribution is 6.36. The molecule has 2 amide bonds. The summed E-state index contributed by atoms with van der Waals surface area (Å²) in [5.41, 5.74) is 6.08. The predicted molar refractivity (Wildman–Crippen MR) is 122 cm³/mol. The van der Waals surface area contributed by atoms with E-state index in [0.29, 0.717) is 11.3 Å². The number of carbonyl (C=O) groups is 2. The van der Waals surface area contributed by atoms with Gasteiger partial charge in [-0.2, -0.15) is 0 Å². The van der Waals surface area contributed by atoms with Crippen molar-refractivity contribution in [1.29, 1.82) is 0 Å². The van der Waals surface area contributed by atoms with E-state index < -0.39 is 0 Å². The number of benzene rings is 3. The molecule has 0 saturated carbocycles. The van der Waals surface area contributed by atoms with Crippen molar-refractivity contribution >= 4 is 23.1 Å². The summed E-state index contributed by atoms with van der Waals surface area (Å²) in [4.78, 5) is 30.7. The van der Waals surface area contributed by atoms with Crippen LogP contribution in [0.15, 0.2) is 84.6 Å². The SMILES string of the molecule is Cc1ccc(C2=C(N3CCCc4ccccc43)C(=O)N(Cc3ccccc3)C2=O)cc1. The van der Waals surface area contributed by atoms with Crippen molar-refractivity contribution in [2.24, 2.45) is 0 Å². The van der Waals surface area contributed by atoms with Crippen LogP contribution in [0, 0.1) is 6.92 Å². The molecule has 3 aromatic carbocycles. The van der Waals surface area contributed by atoms with Crippen molar-refractivity contribution < 1.29 is 9.59 Å². The molecule has 0 bridgehead atoms. The highest BCUT2D eigenvalue weighted by Gasteiger charge is 2.42. The van der Waals surface area contributed by atoms with E-state index in [4.69, 9.17) is 0 Å². The average molecular weight is 409 g/mol. The monoisotopic (exact) mass is 408 g/mol. The fourth-order valence-electron chi connectivity index (χ4n) is 4.47. The normalized spacial score (nSPS) is 16.2. The quantitative estimate of drug-likeness (QED) is 0.586. The third-order valence-electron chi connectivity index (χ3n) is 6.05. The van der Waals surface area contributed by atoms with Crippen molar-refractivity contribution in [2.75, 3.05) is 11.4 Å². The zero-order chi connectivity index (χ0) is 21.4. The molecule has 0 aromatic heterocycles. The molecule has 154 valence electrons. The number of hydrogen-bond acceptors (Lipinski definition) is 3. The second-order valence-corrected chi connectivity index (χ2v) is 8.16. The first kappa shape index (κ1) is 19.3. The van der Waals surface area contributed by atoms with Gasteiger partial charge in [0.05, 0.1) is 12.1 Å². The van der Waals surface area contributed by atoms with Crippen LogP contribution in [0.1, 0.15) is 28.7 Å². The summed E-state index contributed by atoms with van der Waals surface area (Å²) in [6.45, 7) is 3.01. The molecular formula is C27H24N2O2. The van der Waals surface area contributed by atoms with E-state index in [1.54, 1.807) is 0 Å². The van der Waals surface area contributed by atoms with Gasteiger partial charge in [-0.15, -0.1) is 0 Å². The Morgan fingerprint density at radius 2 is 1.52 bits per heavy atom. The van der Waals surface area contributed by atoms with Crippen molar-refractivity contribution in [3.05, 3.63) is 107 Å². The van der Waals surface area contributed by atoms with Crippen LogP contribution in [0.3, 0.4) is 0 Å². The molecule has 0 atom stereocenters. The second kappa shape index (κ2) is 7.88. The summed E-state index contributed by atoms with van der Waals surface area (Å²) in [5.74, 6) is -0.447. The van der Waals surface area contributed by atoms with Gasteiger partial charge in [0, 0.05) is 12.2 Å². The van der Waals surface area contributed by atoms with Gasteiger partial charge in [0.25, 0.3) is 11.8 Å². The molecule has 0 fully saturated rings. The van der Waals surface area contributed by atoms with Gasteiger partial charge in [-0.1, -0.05) is 78.4 Å². The van der Waals surface area contributed by atoms with Gasteiger partial charge >= 0.3 is 0 Å². The van der Waals surface area contributed by atoms with Crippen LogP contribution in [-0.2, 0) is 22.6 Å². The van der Waals surface area contributed by atoms with E-state index in [-0.39, 0.29) is 18.4 Å². The molecule has 0 spiro atoms. The van der Waals surface area contributed by atoms with Gasteiger partial charge in [-0.25, -0.2) is 0 Å². The summed E-state index contributed by atoms with van der Waals surface area (Å²) in [7, 11) is 0. The molecule has 0 N–H and O–H groups in total. The fourth-order valence-corrected chi connectivity index (χ4v) is 4.47. The number of carbonyl (C=O) groups excluding carboxylic acids is 2. The molecular weight excluding hydrogens is 384 g/mol. The van der Waals surface area contributed by atoms with E-state index in [2.05, 4.69) is 11.0 Å². The van der Waals surface area contributed by atoms with Crippen LogP contribution in [0.5, 0.6) is 0 Å². The summed E-state index contributed by atoms with van der Waals surface area (Å²) in [6.07, 6.45) is 1.93. The third kappa shape index (κ3) is 3.44. The van der Waals surface area contributed by atoms with Crippen molar-refractivity contribution in [1.82, 2.24) is 4.90 Å². The van der Waals surface area contributed by atoms with E-state index in [1.807, 2.05) is 79.7 Å². The van der Waals surface area contributed by atoms with Crippen LogP contribution < -0.4 is 4.90 Å². The Morgan fingerprint density at radius 1 is 0.806 bits per heavy atom. The Morgan fingerprint density at radius 3 is 2.29 bits per heavy atom. The maximum Gasteiger partial charge on any atom is 0.278 e. The Labute approximate surface area is 182 Å². The van der Waals surface area contributed by atoms with E-state index in [1.165, 1.54) is 10.5 Å². The molecule has 4 heteroatoms. The zero-order valence-electron chi connectivity index (χ0n) is 17.5. The first-order valence-electron chi connectivity index (χ1n) is 10.7. The molecule has 2 heterocycles. The largest absolute Gasteiger partial charge is 0.336 e. The number of anilines is 1. The predicted octanol–water partition coefficient (Wildman–Crippen LogP) is 4.73. The maximum atomic E-state index is 13.7. The summed E-state index contributed by atoms with van der Waals surface area (Å²) >= 11 is 0. The van der Waals surface area contributed by atoms with Gasteiger partial charge in [0.2, 0.25) is 0 Å². The van der Waals surface area contributed by atoms with Gasteiger partial charge < -0.3 is 4.90 Å². The molecule has 3 aromatic rings. The lowest BCUT2D eigenvalue weighted by atomic mass is 9.98. The lowest BCUT2D eigenvalue weighted by Gasteiger charge is -2.32. The van der Waals surface area contributed by atoms with Crippen molar-refractivity contribution in [2.45, 2.75) is 26.3 Å². The van der Waals surface area contributed by atoms with Crippen molar-refractivity contribution in [3.8, 4) is 0 Å². The number of imide groups is 1. The van der Waals surface area contributed by atoms with Crippen LogP contribution >= 0.6 is 0 Å². The van der Waals surface area contributed by atoms with Crippen LogP contribution in [0.4, 0.5) is 5.69 Å². The summed E-state index contributed by atoms with van der Waals surface area (Å²) in [5, 5.41) is 0. The van der Waals surface area contributed by atoms with E-state index in [0.717, 1.165) is 41.8 Å². The Kier molecular flexibility index (Phi) is 4.91. The Bertz CT molecular complexity index is 1180. The number of amides is 2. The molecule has 0 aliphatic carbocycles. The minimum absolute atomic E-state index is 0.221. The van der Waals surface area contributed by atoms with Crippen LogP contribution in [0.25, 0.3) is 5.57 Å². The molecule has 0 unspecified atom stereocenters. The molecule has 5 rings (SSSR count). The first-order valence-corrected chi connectivity index (χ1v) is 10.7. The molecule has 31 heavy (non-hydrogen) atoms. The Balaban J connectivity index is 1.63. The number of aryl methyl sites for hydroxylation is 2. The molecule has 2 aliphatic rings.